The molecule has 1 amide bonds. The van der Waals surface area contributed by atoms with Crippen LogP contribution in [-0.2, 0) is 11.8 Å². The maximum Gasteiger partial charge on any atom is 0.258 e. The topological polar surface area (TPSA) is 41.0 Å². The van der Waals surface area contributed by atoms with E-state index in [1.807, 2.05) is 54.9 Å². The Morgan fingerprint density at radius 2 is 1.89 bits per heavy atom. The molecule has 0 aliphatic carbocycles. The molecule has 0 radical (unpaired) electrons. The lowest BCUT2D eigenvalue weighted by Crippen LogP contribution is -2.44. The van der Waals surface area contributed by atoms with Gasteiger partial charge in [0, 0.05) is 35.3 Å². The van der Waals surface area contributed by atoms with Gasteiger partial charge < -0.3 is 9.64 Å². The summed E-state index contributed by atoms with van der Waals surface area (Å²) in [5, 5.41) is 0.630. The van der Waals surface area contributed by atoms with Crippen LogP contribution in [0.3, 0.4) is 0 Å². The van der Waals surface area contributed by atoms with Crippen LogP contribution in [0.1, 0.15) is 20.3 Å². The zero-order valence-corrected chi connectivity index (χ0v) is 21.7. The van der Waals surface area contributed by atoms with Crippen molar-refractivity contribution in [3.63, 3.8) is 0 Å². The minimum absolute atomic E-state index is 0.174. The van der Waals surface area contributed by atoms with Gasteiger partial charge in [0.05, 0.1) is 18.9 Å². The second-order valence-electron chi connectivity index (χ2n) is 8.98. The first-order valence-electron chi connectivity index (χ1n) is 11.3. The van der Waals surface area contributed by atoms with E-state index in [-0.39, 0.29) is 16.7 Å². The molecule has 184 valence electrons. The number of halogens is 2. The Kier molecular flexibility index (Phi) is 7.25. The van der Waals surface area contributed by atoms with Crippen LogP contribution < -0.4 is 14.2 Å². The molecule has 2 heterocycles. The number of thiocarbonyl (C=S) groups is 1. The smallest absolute Gasteiger partial charge is 0.258 e. The Morgan fingerprint density at radius 3 is 2.53 bits per heavy atom. The van der Waals surface area contributed by atoms with Crippen molar-refractivity contribution in [2.75, 3.05) is 18.1 Å². The average molecular weight is 524 g/mol. The molecule has 9 heteroatoms. The largest absolute Gasteiger partial charge is 0.493 e. The van der Waals surface area contributed by atoms with Gasteiger partial charge in [0.25, 0.3) is 5.91 Å². The van der Waals surface area contributed by atoms with Crippen molar-refractivity contribution in [1.29, 1.82) is 0 Å². The molecule has 2 aromatic carbocycles. The van der Waals surface area contributed by atoms with Gasteiger partial charge in [-0.15, -0.1) is 0 Å². The van der Waals surface area contributed by atoms with E-state index >= 15 is 0 Å². The Balaban J connectivity index is 1.39. The van der Waals surface area contributed by atoms with Crippen LogP contribution in [0.5, 0.6) is 5.75 Å². The molecular weight excluding hydrogens is 499 g/mol. The van der Waals surface area contributed by atoms with E-state index in [9.17, 15) is 9.18 Å². The third-order valence-corrected chi connectivity index (χ3v) is 6.86. The van der Waals surface area contributed by atoms with Gasteiger partial charge in [0.1, 0.15) is 24.2 Å². The number of hydrogen-bond donors (Lipinski definition) is 0. The number of nitrogens with zero attached hydrogens (tertiary/aromatic N) is 4. The van der Waals surface area contributed by atoms with Crippen molar-refractivity contribution in [3.8, 4) is 16.9 Å². The Hall–Kier alpha value is -3.54. The van der Waals surface area contributed by atoms with Crippen molar-refractivity contribution in [1.82, 2.24) is 4.90 Å². The van der Waals surface area contributed by atoms with Crippen molar-refractivity contribution >= 4 is 46.2 Å². The number of hydrogen-bond acceptors (Lipinski definition) is 3. The number of benzene rings is 2. The highest BCUT2D eigenvalue weighted by Gasteiger charge is 2.49. The van der Waals surface area contributed by atoms with E-state index in [1.54, 1.807) is 30.3 Å². The van der Waals surface area contributed by atoms with Crippen LogP contribution in [0.4, 0.5) is 15.8 Å². The average Bonchev–Trinajstić information content (AvgIpc) is 3.01. The van der Waals surface area contributed by atoms with Crippen LogP contribution in [-0.4, -0.2) is 34.6 Å². The van der Waals surface area contributed by atoms with Crippen LogP contribution >= 0.6 is 23.8 Å². The number of rotatable bonds is 7. The number of amides is 1. The molecule has 1 aliphatic rings. The third kappa shape index (κ3) is 4.90. The molecule has 3 aromatic rings. The van der Waals surface area contributed by atoms with E-state index in [1.165, 1.54) is 11.0 Å². The second kappa shape index (κ2) is 10.2. The van der Waals surface area contributed by atoms with Gasteiger partial charge in [-0.3, -0.25) is 9.69 Å². The normalized spacial score (nSPS) is 14.8. The van der Waals surface area contributed by atoms with Crippen molar-refractivity contribution in [3.05, 3.63) is 83.2 Å². The highest BCUT2D eigenvalue weighted by molar-refractivity contribution is 7.80. The third-order valence-electron chi connectivity index (χ3n) is 6.16. The monoisotopic (exact) mass is 523 g/mol. The summed E-state index contributed by atoms with van der Waals surface area (Å²) in [5.74, 6) is -0.0900. The molecule has 4 rings (SSSR count). The van der Waals surface area contributed by atoms with Gasteiger partial charge in [-0.05, 0) is 62.3 Å². The quantitative estimate of drug-likeness (QED) is 0.172. The van der Waals surface area contributed by atoms with Crippen molar-refractivity contribution in [2.24, 2.45) is 7.05 Å². The maximum absolute atomic E-state index is 14.7. The minimum atomic E-state index is -0.859. The molecule has 0 atom stereocenters. The molecule has 0 saturated carbocycles. The summed E-state index contributed by atoms with van der Waals surface area (Å²) in [6.07, 6.45) is 4.31. The first-order valence-corrected chi connectivity index (χ1v) is 12.1. The van der Waals surface area contributed by atoms with Crippen LogP contribution in [0.15, 0.2) is 60.9 Å². The molecule has 6 nitrogen and oxygen atoms in total. The number of pyridine rings is 1. The molecular formula is C27H25ClFN4O2S+. The van der Waals surface area contributed by atoms with E-state index in [4.69, 9.17) is 35.1 Å². The van der Waals surface area contributed by atoms with Crippen LogP contribution in [0.2, 0.25) is 5.02 Å². The molecule has 36 heavy (non-hydrogen) atoms. The zero-order valence-electron chi connectivity index (χ0n) is 20.2. The lowest BCUT2D eigenvalue weighted by atomic mass is 10.0. The highest BCUT2D eigenvalue weighted by Crippen LogP contribution is 2.36. The molecule has 0 spiro atoms. The molecule has 0 N–H and O–H groups in total. The summed E-state index contributed by atoms with van der Waals surface area (Å²) in [7, 11) is 1.91. The van der Waals surface area contributed by atoms with Crippen molar-refractivity contribution < 1.29 is 18.5 Å². The fraction of sp³-hybridized carbons (Fsp3) is 0.259. The minimum Gasteiger partial charge on any atom is -0.493 e. The maximum atomic E-state index is 14.7. The number of carbonyl (C=O) groups is 1. The Labute approximate surface area is 220 Å². The fourth-order valence-electron chi connectivity index (χ4n) is 4.08. The Bertz CT molecular complexity index is 1370. The SMILES string of the molecule is [C-]#[N+]c1ccc(N2C(=O)C(C)(C)N(CCCOc3ccc(-c4cc[n+](C)cc4)c(F)c3)C2=S)cc1Cl. The van der Waals surface area contributed by atoms with E-state index in [0.717, 1.165) is 5.56 Å². The van der Waals surface area contributed by atoms with Crippen LogP contribution in [0.25, 0.3) is 16.0 Å². The highest BCUT2D eigenvalue weighted by atomic mass is 35.5. The van der Waals surface area contributed by atoms with E-state index in [0.29, 0.717) is 47.4 Å². The number of ether oxygens (including phenoxy) is 1. The van der Waals surface area contributed by atoms with Gasteiger partial charge >= 0.3 is 0 Å². The first kappa shape index (κ1) is 25.5. The molecule has 1 aromatic heterocycles. The predicted octanol–water partition coefficient (Wildman–Crippen LogP) is 5.70. The summed E-state index contributed by atoms with van der Waals surface area (Å²) in [5.41, 5.74) is 1.28. The summed E-state index contributed by atoms with van der Waals surface area (Å²) in [4.78, 5) is 19.9. The van der Waals surface area contributed by atoms with E-state index < -0.39 is 5.54 Å². The number of anilines is 1. The van der Waals surface area contributed by atoms with Gasteiger partial charge in [-0.1, -0.05) is 17.7 Å². The zero-order chi connectivity index (χ0) is 26.0. The molecule has 0 unspecified atom stereocenters. The standard InChI is InChI=1S/C27H25ClFN4O2S/c1-27(2)25(34)33(19-6-9-24(30-3)22(28)16-19)26(36)32(27)12-5-15-35-20-7-8-21(23(29)17-20)18-10-13-31(4)14-11-18/h6-11,13-14,16-17H,5,12,15H2,1-2,4H3/q+1. The number of aryl methyl sites for hydroxylation is 1. The lowest BCUT2D eigenvalue weighted by Gasteiger charge is -2.29. The van der Waals surface area contributed by atoms with Crippen LogP contribution in [0, 0.1) is 12.4 Å². The summed E-state index contributed by atoms with van der Waals surface area (Å²) >= 11 is 11.8. The van der Waals surface area contributed by atoms with Gasteiger partial charge in [-0.2, -0.15) is 0 Å². The van der Waals surface area contributed by atoms with Gasteiger partial charge in [0.15, 0.2) is 17.5 Å². The second-order valence-corrected chi connectivity index (χ2v) is 9.75. The molecule has 0 bridgehead atoms. The number of carbonyl (C=O) groups excluding carboxylic acids is 1. The fourth-order valence-corrected chi connectivity index (χ4v) is 4.80. The summed E-state index contributed by atoms with van der Waals surface area (Å²) in [6.45, 7) is 11.6. The first-order chi connectivity index (χ1) is 17.1. The molecule has 1 saturated heterocycles. The summed E-state index contributed by atoms with van der Waals surface area (Å²) in [6, 6.07) is 13.4. The molecule has 1 fully saturated rings. The number of aromatic nitrogens is 1. The summed E-state index contributed by atoms with van der Waals surface area (Å²) < 4.78 is 22.4. The Morgan fingerprint density at radius 1 is 1.17 bits per heavy atom. The van der Waals surface area contributed by atoms with Crippen molar-refractivity contribution in [2.45, 2.75) is 25.8 Å². The van der Waals surface area contributed by atoms with E-state index in [2.05, 4.69) is 4.85 Å². The van der Waals surface area contributed by atoms with Gasteiger partial charge in [-0.25, -0.2) is 13.8 Å². The predicted molar refractivity (Wildman–Crippen MR) is 142 cm³/mol. The van der Waals surface area contributed by atoms with Gasteiger partial charge in [0.2, 0.25) is 5.69 Å². The lowest BCUT2D eigenvalue weighted by molar-refractivity contribution is -0.671. The molecule has 1 aliphatic heterocycles.